The number of aliphatic hydroxyl groups excluding tert-OH is 1. The topological polar surface area (TPSA) is 32.7 Å². The SMILES string of the molecule is CCC(CC)N(CCOC)CCC(O)c1ccc(C)cc1. The zero-order chi connectivity index (χ0) is 15.7. The lowest BCUT2D eigenvalue weighted by atomic mass is 10.0. The van der Waals surface area contributed by atoms with Crippen molar-refractivity contribution in [2.75, 3.05) is 26.8 Å². The van der Waals surface area contributed by atoms with Gasteiger partial charge in [-0.2, -0.15) is 0 Å². The summed E-state index contributed by atoms with van der Waals surface area (Å²) in [5.41, 5.74) is 2.24. The van der Waals surface area contributed by atoms with Crippen LogP contribution in [0.25, 0.3) is 0 Å². The van der Waals surface area contributed by atoms with Gasteiger partial charge in [0, 0.05) is 26.2 Å². The Hall–Kier alpha value is -0.900. The van der Waals surface area contributed by atoms with Gasteiger partial charge >= 0.3 is 0 Å². The van der Waals surface area contributed by atoms with Gasteiger partial charge in [-0.3, -0.25) is 4.90 Å². The van der Waals surface area contributed by atoms with Crippen molar-refractivity contribution in [3.8, 4) is 0 Å². The Labute approximate surface area is 129 Å². The van der Waals surface area contributed by atoms with Crippen LogP contribution in [-0.4, -0.2) is 42.9 Å². The van der Waals surface area contributed by atoms with Gasteiger partial charge in [0.2, 0.25) is 0 Å². The van der Waals surface area contributed by atoms with Crippen molar-refractivity contribution in [3.05, 3.63) is 35.4 Å². The molecule has 0 saturated carbocycles. The van der Waals surface area contributed by atoms with Gasteiger partial charge in [-0.05, 0) is 31.7 Å². The predicted octanol–water partition coefficient (Wildman–Crippen LogP) is 3.56. The molecule has 0 saturated heterocycles. The van der Waals surface area contributed by atoms with Crippen LogP contribution < -0.4 is 0 Å². The molecule has 0 amide bonds. The lowest BCUT2D eigenvalue weighted by molar-refractivity contribution is 0.0904. The molecule has 0 aliphatic rings. The molecule has 0 heterocycles. The van der Waals surface area contributed by atoms with Crippen LogP contribution in [0.1, 0.15) is 50.3 Å². The van der Waals surface area contributed by atoms with E-state index < -0.39 is 0 Å². The fourth-order valence-corrected chi connectivity index (χ4v) is 2.73. The van der Waals surface area contributed by atoms with Crippen LogP contribution in [-0.2, 0) is 4.74 Å². The van der Waals surface area contributed by atoms with Crippen molar-refractivity contribution in [1.29, 1.82) is 0 Å². The van der Waals surface area contributed by atoms with Gasteiger partial charge in [0.1, 0.15) is 0 Å². The number of benzene rings is 1. The average Bonchev–Trinajstić information content (AvgIpc) is 2.50. The summed E-state index contributed by atoms with van der Waals surface area (Å²) in [6.45, 7) is 9.11. The highest BCUT2D eigenvalue weighted by Crippen LogP contribution is 2.19. The third-order valence-electron chi connectivity index (χ3n) is 4.19. The summed E-state index contributed by atoms with van der Waals surface area (Å²) in [5.74, 6) is 0. The lowest BCUT2D eigenvalue weighted by Crippen LogP contribution is -2.38. The van der Waals surface area contributed by atoms with Crippen LogP contribution >= 0.6 is 0 Å². The Morgan fingerprint density at radius 2 is 1.71 bits per heavy atom. The maximum absolute atomic E-state index is 10.4. The Morgan fingerprint density at radius 3 is 2.24 bits per heavy atom. The quantitative estimate of drug-likeness (QED) is 0.716. The molecule has 1 aromatic rings. The van der Waals surface area contributed by atoms with Crippen LogP contribution in [0.3, 0.4) is 0 Å². The van der Waals surface area contributed by atoms with Crippen molar-refractivity contribution in [1.82, 2.24) is 4.90 Å². The van der Waals surface area contributed by atoms with Crippen LogP contribution in [0.5, 0.6) is 0 Å². The minimum atomic E-state index is -0.384. The van der Waals surface area contributed by atoms with E-state index in [0.717, 1.165) is 44.5 Å². The Kier molecular flexibility index (Phi) is 8.58. The number of hydrogen-bond donors (Lipinski definition) is 1. The van der Waals surface area contributed by atoms with E-state index in [1.807, 2.05) is 12.1 Å². The first-order chi connectivity index (χ1) is 10.1. The highest BCUT2D eigenvalue weighted by atomic mass is 16.5. The van der Waals surface area contributed by atoms with E-state index in [4.69, 9.17) is 4.74 Å². The molecule has 3 heteroatoms. The molecule has 0 radical (unpaired) electrons. The zero-order valence-corrected chi connectivity index (χ0v) is 14.0. The largest absolute Gasteiger partial charge is 0.388 e. The van der Waals surface area contributed by atoms with E-state index in [9.17, 15) is 5.11 Å². The van der Waals surface area contributed by atoms with Crippen molar-refractivity contribution < 1.29 is 9.84 Å². The molecular weight excluding hydrogens is 262 g/mol. The van der Waals surface area contributed by atoms with E-state index in [1.54, 1.807) is 7.11 Å². The summed E-state index contributed by atoms with van der Waals surface area (Å²) in [6.07, 6.45) is 2.66. The molecule has 1 aromatic carbocycles. The number of methoxy groups -OCH3 is 1. The van der Waals surface area contributed by atoms with Crippen molar-refractivity contribution in [2.24, 2.45) is 0 Å². The van der Waals surface area contributed by atoms with Crippen molar-refractivity contribution in [3.63, 3.8) is 0 Å². The molecule has 1 unspecified atom stereocenters. The number of aliphatic hydroxyl groups is 1. The fourth-order valence-electron chi connectivity index (χ4n) is 2.73. The molecule has 0 spiro atoms. The highest BCUT2D eigenvalue weighted by Gasteiger charge is 2.16. The smallest absolute Gasteiger partial charge is 0.0802 e. The minimum absolute atomic E-state index is 0.384. The molecular formula is C18H31NO2. The summed E-state index contributed by atoms with van der Waals surface area (Å²) in [7, 11) is 1.74. The van der Waals surface area contributed by atoms with Crippen LogP contribution in [0.2, 0.25) is 0 Å². The second-order valence-corrected chi connectivity index (χ2v) is 5.71. The molecule has 1 N–H and O–H groups in total. The first-order valence-electron chi connectivity index (χ1n) is 8.09. The number of hydrogen-bond acceptors (Lipinski definition) is 3. The summed E-state index contributed by atoms with van der Waals surface area (Å²) in [5, 5.41) is 10.4. The van der Waals surface area contributed by atoms with Gasteiger partial charge in [-0.1, -0.05) is 43.7 Å². The zero-order valence-electron chi connectivity index (χ0n) is 14.0. The molecule has 21 heavy (non-hydrogen) atoms. The number of aryl methyl sites for hydroxylation is 1. The third-order valence-corrected chi connectivity index (χ3v) is 4.19. The molecule has 0 aromatic heterocycles. The Morgan fingerprint density at radius 1 is 1.10 bits per heavy atom. The first kappa shape index (κ1) is 18.1. The van der Waals surface area contributed by atoms with Gasteiger partial charge in [0.05, 0.1) is 12.7 Å². The van der Waals surface area contributed by atoms with Crippen LogP contribution in [0, 0.1) is 6.92 Å². The monoisotopic (exact) mass is 293 g/mol. The van der Waals surface area contributed by atoms with Crippen LogP contribution in [0.15, 0.2) is 24.3 Å². The molecule has 0 aliphatic carbocycles. The molecule has 120 valence electrons. The van der Waals surface area contributed by atoms with Gasteiger partial charge < -0.3 is 9.84 Å². The van der Waals surface area contributed by atoms with Crippen molar-refractivity contribution in [2.45, 2.75) is 52.2 Å². The van der Waals surface area contributed by atoms with Gasteiger partial charge in [0.15, 0.2) is 0 Å². The second-order valence-electron chi connectivity index (χ2n) is 5.71. The molecule has 0 aliphatic heterocycles. The first-order valence-corrected chi connectivity index (χ1v) is 8.09. The molecule has 1 rings (SSSR count). The maximum Gasteiger partial charge on any atom is 0.0802 e. The number of rotatable bonds is 10. The second kappa shape index (κ2) is 9.93. The van der Waals surface area contributed by atoms with E-state index >= 15 is 0 Å². The van der Waals surface area contributed by atoms with E-state index in [-0.39, 0.29) is 6.10 Å². The highest BCUT2D eigenvalue weighted by molar-refractivity contribution is 5.23. The maximum atomic E-state index is 10.4. The standard InChI is InChI=1S/C18H31NO2/c1-5-17(6-2)19(13-14-21-4)12-11-18(20)16-9-7-15(3)8-10-16/h7-10,17-18,20H,5-6,11-14H2,1-4H3. The Bertz CT molecular complexity index is 373. The van der Waals surface area contributed by atoms with E-state index in [1.165, 1.54) is 5.56 Å². The molecule has 1 atom stereocenters. The minimum Gasteiger partial charge on any atom is -0.388 e. The van der Waals surface area contributed by atoms with E-state index in [2.05, 4.69) is 37.8 Å². The summed E-state index contributed by atoms with van der Waals surface area (Å²) >= 11 is 0. The third kappa shape index (κ3) is 6.16. The molecule has 3 nitrogen and oxygen atoms in total. The molecule has 0 bridgehead atoms. The Balaban J connectivity index is 2.56. The number of nitrogens with zero attached hydrogens (tertiary/aromatic N) is 1. The van der Waals surface area contributed by atoms with Gasteiger partial charge in [0.25, 0.3) is 0 Å². The van der Waals surface area contributed by atoms with Gasteiger partial charge in [-0.15, -0.1) is 0 Å². The molecule has 0 fully saturated rings. The summed E-state index contributed by atoms with van der Waals surface area (Å²) in [6, 6.07) is 8.74. The average molecular weight is 293 g/mol. The predicted molar refractivity (Wildman–Crippen MR) is 88.6 cm³/mol. The fraction of sp³-hybridized carbons (Fsp3) is 0.667. The summed E-state index contributed by atoms with van der Waals surface area (Å²) in [4.78, 5) is 2.45. The number of ether oxygens (including phenoxy) is 1. The lowest BCUT2D eigenvalue weighted by Gasteiger charge is -2.31. The van der Waals surface area contributed by atoms with Crippen LogP contribution in [0.4, 0.5) is 0 Å². The van der Waals surface area contributed by atoms with E-state index in [0.29, 0.717) is 6.04 Å². The van der Waals surface area contributed by atoms with Gasteiger partial charge in [-0.25, -0.2) is 0 Å². The summed E-state index contributed by atoms with van der Waals surface area (Å²) < 4.78 is 5.21. The normalized spacial score (nSPS) is 13.1. The van der Waals surface area contributed by atoms with Crippen molar-refractivity contribution >= 4 is 0 Å².